The van der Waals surface area contributed by atoms with E-state index in [0.717, 1.165) is 32.6 Å². The van der Waals surface area contributed by atoms with Gasteiger partial charge in [-0.1, -0.05) is 11.6 Å². The van der Waals surface area contributed by atoms with Crippen LogP contribution in [0.15, 0.2) is 27.4 Å². The van der Waals surface area contributed by atoms with Crippen LogP contribution in [0.1, 0.15) is 22.8 Å². The van der Waals surface area contributed by atoms with Gasteiger partial charge in [-0.2, -0.15) is 0 Å². The van der Waals surface area contributed by atoms with Crippen LogP contribution in [0.2, 0.25) is 5.02 Å². The van der Waals surface area contributed by atoms with E-state index in [1.165, 1.54) is 0 Å². The standard InChI is InChI=1S/C13H10BrClO2S/c14-11-4-8(6-18-11)12(16)10-5-9(15)3-7-1-2-17-13(7)10/h3-6,12,16H,1-2H2. The van der Waals surface area contributed by atoms with Crippen molar-refractivity contribution in [1.29, 1.82) is 0 Å². The molecule has 94 valence electrons. The van der Waals surface area contributed by atoms with Crippen molar-refractivity contribution >= 4 is 38.9 Å². The minimum atomic E-state index is -0.696. The normalized spacial score (nSPS) is 15.3. The van der Waals surface area contributed by atoms with Gasteiger partial charge in [-0.15, -0.1) is 11.3 Å². The number of fused-ring (bicyclic) bond motifs is 1. The number of benzene rings is 1. The van der Waals surface area contributed by atoms with Gasteiger partial charge in [0, 0.05) is 17.0 Å². The van der Waals surface area contributed by atoms with Crippen LogP contribution >= 0.6 is 38.9 Å². The van der Waals surface area contributed by atoms with Crippen molar-refractivity contribution in [2.45, 2.75) is 12.5 Å². The molecule has 2 heterocycles. The number of aliphatic hydroxyl groups is 1. The fraction of sp³-hybridized carbons (Fsp3) is 0.231. The second-order valence-electron chi connectivity index (χ2n) is 4.17. The van der Waals surface area contributed by atoms with Gasteiger partial charge < -0.3 is 9.84 Å². The minimum Gasteiger partial charge on any atom is -0.493 e. The predicted molar refractivity (Wildman–Crippen MR) is 76.7 cm³/mol. The molecule has 1 aliphatic rings. The molecule has 18 heavy (non-hydrogen) atoms. The molecule has 0 fully saturated rings. The summed E-state index contributed by atoms with van der Waals surface area (Å²) in [5.74, 6) is 0.786. The van der Waals surface area contributed by atoms with Crippen molar-refractivity contribution in [2.75, 3.05) is 6.61 Å². The summed E-state index contributed by atoms with van der Waals surface area (Å²) in [4.78, 5) is 0. The largest absolute Gasteiger partial charge is 0.493 e. The summed E-state index contributed by atoms with van der Waals surface area (Å²) < 4.78 is 6.60. The lowest BCUT2D eigenvalue weighted by atomic mass is 10.0. The molecule has 1 N–H and O–H groups in total. The minimum absolute atomic E-state index is 0.641. The molecule has 0 radical (unpaired) electrons. The molecule has 0 saturated heterocycles. The topological polar surface area (TPSA) is 29.5 Å². The summed E-state index contributed by atoms with van der Waals surface area (Å²) in [5, 5.41) is 13.0. The first kappa shape index (κ1) is 12.5. The van der Waals surface area contributed by atoms with Crippen LogP contribution in [0.25, 0.3) is 0 Å². The molecule has 2 aromatic rings. The number of hydrogen-bond acceptors (Lipinski definition) is 3. The van der Waals surface area contributed by atoms with Gasteiger partial charge in [0.15, 0.2) is 0 Å². The monoisotopic (exact) mass is 344 g/mol. The lowest BCUT2D eigenvalue weighted by Crippen LogP contribution is -2.01. The second kappa shape index (κ2) is 4.85. The predicted octanol–water partition coefficient (Wildman–Crippen LogP) is 4.18. The van der Waals surface area contributed by atoms with Crippen LogP contribution < -0.4 is 4.74 Å². The third kappa shape index (κ3) is 2.18. The molecule has 0 saturated carbocycles. The Labute approximate surface area is 122 Å². The number of rotatable bonds is 2. The summed E-state index contributed by atoms with van der Waals surface area (Å²) in [6.07, 6.45) is 0.154. The number of hydrogen-bond donors (Lipinski definition) is 1. The van der Waals surface area contributed by atoms with Crippen molar-refractivity contribution in [3.8, 4) is 5.75 Å². The molecule has 1 aromatic heterocycles. The lowest BCUT2D eigenvalue weighted by Gasteiger charge is -2.14. The molecular formula is C13H10BrClO2S. The SMILES string of the molecule is OC(c1csc(Br)c1)c1cc(Cl)cc2c1OCC2. The fourth-order valence-corrected chi connectivity index (χ4v) is 3.59. The average Bonchev–Trinajstić information content (AvgIpc) is 2.95. The van der Waals surface area contributed by atoms with Gasteiger partial charge in [-0.25, -0.2) is 0 Å². The van der Waals surface area contributed by atoms with Crippen molar-refractivity contribution in [3.63, 3.8) is 0 Å². The molecular weight excluding hydrogens is 336 g/mol. The van der Waals surface area contributed by atoms with Gasteiger partial charge in [-0.3, -0.25) is 0 Å². The highest BCUT2D eigenvalue weighted by Crippen LogP contribution is 2.39. The van der Waals surface area contributed by atoms with Crippen LogP contribution in [0.5, 0.6) is 5.75 Å². The Balaban J connectivity index is 2.06. The van der Waals surface area contributed by atoms with Crippen LogP contribution in [-0.4, -0.2) is 11.7 Å². The number of thiophene rings is 1. The summed E-state index contributed by atoms with van der Waals surface area (Å²) in [6.45, 7) is 0.655. The molecule has 1 atom stereocenters. The molecule has 0 amide bonds. The Bertz CT molecular complexity index is 597. The highest BCUT2D eigenvalue weighted by Gasteiger charge is 2.23. The molecule has 5 heteroatoms. The van der Waals surface area contributed by atoms with Crippen molar-refractivity contribution < 1.29 is 9.84 Å². The van der Waals surface area contributed by atoms with Crippen molar-refractivity contribution in [1.82, 2.24) is 0 Å². The number of halogens is 2. The molecule has 2 nitrogen and oxygen atoms in total. The van der Waals surface area contributed by atoms with Gasteiger partial charge >= 0.3 is 0 Å². The van der Waals surface area contributed by atoms with E-state index >= 15 is 0 Å². The van der Waals surface area contributed by atoms with E-state index in [4.69, 9.17) is 16.3 Å². The average molecular weight is 346 g/mol. The zero-order valence-electron chi connectivity index (χ0n) is 9.32. The summed E-state index contributed by atoms with van der Waals surface area (Å²) in [7, 11) is 0. The van der Waals surface area contributed by atoms with E-state index in [0.29, 0.717) is 11.6 Å². The lowest BCUT2D eigenvalue weighted by molar-refractivity contribution is 0.214. The van der Waals surface area contributed by atoms with Crippen LogP contribution in [0.3, 0.4) is 0 Å². The van der Waals surface area contributed by atoms with Crippen LogP contribution in [0, 0.1) is 0 Å². The first-order chi connectivity index (χ1) is 8.65. The Morgan fingerprint density at radius 1 is 1.39 bits per heavy atom. The maximum atomic E-state index is 10.4. The first-order valence-corrected chi connectivity index (χ1v) is 7.57. The second-order valence-corrected chi connectivity index (χ2v) is 6.90. The molecule has 3 rings (SSSR count). The van der Waals surface area contributed by atoms with Gasteiger partial charge in [0.25, 0.3) is 0 Å². The van der Waals surface area contributed by atoms with E-state index in [9.17, 15) is 5.11 Å². The van der Waals surface area contributed by atoms with E-state index in [2.05, 4.69) is 15.9 Å². The Morgan fingerprint density at radius 3 is 2.94 bits per heavy atom. The number of aliphatic hydroxyl groups excluding tert-OH is 1. The van der Waals surface area contributed by atoms with Gasteiger partial charge in [-0.05, 0) is 50.6 Å². The summed E-state index contributed by atoms with van der Waals surface area (Å²) in [5.41, 5.74) is 2.68. The van der Waals surface area contributed by atoms with Crippen LogP contribution in [-0.2, 0) is 6.42 Å². The highest BCUT2D eigenvalue weighted by atomic mass is 79.9. The smallest absolute Gasteiger partial charge is 0.128 e. The fourth-order valence-electron chi connectivity index (χ4n) is 2.15. The maximum Gasteiger partial charge on any atom is 0.128 e. The quantitative estimate of drug-likeness (QED) is 0.885. The molecule has 1 aromatic carbocycles. The molecule has 0 bridgehead atoms. The van der Waals surface area contributed by atoms with Gasteiger partial charge in [0.05, 0.1) is 10.4 Å². The Morgan fingerprint density at radius 2 is 2.22 bits per heavy atom. The Kier molecular flexibility index (Phi) is 3.36. The van der Waals surface area contributed by atoms with E-state index < -0.39 is 6.10 Å². The summed E-state index contributed by atoms with van der Waals surface area (Å²) in [6, 6.07) is 5.60. The summed E-state index contributed by atoms with van der Waals surface area (Å²) >= 11 is 11.0. The molecule has 1 unspecified atom stereocenters. The van der Waals surface area contributed by atoms with Crippen molar-refractivity contribution in [3.05, 3.63) is 49.1 Å². The molecule has 0 aliphatic carbocycles. The molecule has 1 aliphatic heterocycles. The zero-order chi connectivity index (χ0) is 12.7. The molecule has 0 spiro atoms. The third-order valence-corrected chi connectivity index (χ3v) is 4.72. The maximum absolute atomic E-state index is 10.4. The van der Waals surface area contributed by atoms with Gasteiger partial charge in [0.1, 0.15) is 11.9 Å². The van der Waals surface area contributed by atoms with E-state index in [1.54, 1.807) is 17.4 Å². The highest BCUT2D eigenvalue weighted by molar-refractivity contribution is 9.11. The van der Waals surface area contributed by atoms with Crippen molar-refractivity contribution in [2.24, 2.45) is 0 Å². The van der Waals surface area contributed by atoms with Crippen LogP contribution in [0.4, 0.5) is 0 Å². The van der Waals surface area contributed by atoms with Gasteiger partial charge in [0.2, 0.25) is 0 Å². The zero-order valence-corrected chi connectivity index (χ0v) is 12.5. The van der Waals surface area contributed by atoms with E-state index in [1.807, 2.05) is 17.5 Å². The Hall–Kier alpha value is -0.550. The number of ether oxygens (including phenoxy) is 1. The third-order valence-electron chi connectivity index (χ3n) is 2.98. The van der Waals surface area contributed by atoms with E-state index in [-0.39, 0.29) is 0 Å². The first-order valence-electron chi connectivity index (χ1n) is 5.52.